The number of ether oxygens (including phenoxy) is 1. The van der Waals surface area contributed by atoms with Crippen LogP contribution in [0.5, 0.6) is 5.75 Å². The Morgan fingerprint density at radius 2 is 1.81 bits per heavy atom. The molecule has 0 aromatic heterocycles. The van der Waals surface area contributed by atoms with Gasteiger partial charge in [-0.05, 0) is 66.3 Å². The molecule has 5 atom stereocenters. The maximum Gasteiger partial charge on any atom is 0.120 e. The van der Waals surface area contributed by atoms with Gasteiger partial charge in [-0.3, -0.25) is 0 Å². The third-order valence-electron chi connectivity index (χ3n) is 6.70. The lowest BCUT2D eigenvalue weighted by molar-refractivity contribution is 0.305. The van der Waals surface area contributed by atoms with Crippen molar-refractivity contribution in [3.8, 4) is 5.75 Å². The Hall–Kier alpha value is -1.65. The average molecular weight is 368 g/mol. The normalized spacial score (nSPS) is 32.7. The monoisotopic (exact) mass is 367 g/mol. The zero-order valence-corrected chi connectivity index (χ0v) is 16.0. The average Bonchev–Trinajstić information content (AvgIpc) is 3.33. The summed E-state index contributed by atoms with van der Waals surface area (Å²) in [5.41, 5.74) is 4.32. The topological polar surface area (TPSA) is 29.3 Å². The van der Waals surface area contributed by atoms with Crippen molar-refractivity contribution < 1.29 is 8.95 Å². The SMILES string of the molecule is CS(=O)N1C[C@]12[C@@H]1CC[C@H]2Cc2cc(OCc3ccccc3)ccc2C1. The molecule has 26 heavy (non-hydrogen) atoms. The molecule has 2 fully saturated rings. The van der Waals surface area contributed by atoms with Gasteiger partial charge in [0.25, 0.3) is 0 Å². The van der Waals surface area contributed by atoms with Crippen LogP contribution in [-0.4, -0.2) is 26.9 Å². The van der Waals surface area contributed by atoms with Crippen molar-refractivity contribution in [3.63, 3.8) is 0 Å². The van der Waals surface area contributed by atoms with E-state index in [1.165, 1.54) is 29.5 Å². The van der Waals surface area contributed by atoms with Crippen LogP contribution in [0.15, 0.2) is 48.5 Å². The van der Waals surface area contributed by atoms with Crippen LogP contribution >= 0.6 is 0 Å². The first-order valence-corrected chi connectivity index (χ1v) is 11.1. The maximum atomic E-state index is 12.1. The van der Waals surface area contributed by atoms with E-state index < -0.39 is 11.0 Å². The lowest BCUT2D eigenvalue weighted by Gasteiger charge is -2.22. The van der Waals surface area contributed by atoms with Gasteiger partial charge in [0.15, 0.2) is 0 Å². The lowest BCUT2D eigenvalue weighted by atomic mass is 9.87. The minimum absolute atomic E-state index is 0.212. The molecule has 2 aliphatic carbocycles. The highest BCUT2D eigenvalue weighted by atomic mass is 32.2. The van der Waals surface area contributed by atoms with E-state index in [1.54, 1.807) is 0 Å². The fourth-order valence-corrected chi connectivity index (χ4v) is 6.50. The van der Waals surface area contributed by atoms with Gasteiger partial charge in [-0.25, -0.2) is 8.51 Å². The third-order valence-corrected chi connectivity index (χ3v) is 7.79. The van der Waals surface area contributed by atoms with Crippen LogP contribution in [-0.2, 0) is 30.4 Å². The fourth-order valence-electron chi connectivity index (χ4n) is 5.34. The van der Waals surface area contributed by atoms with E-state index in [2.05, 4.69) is 34.6 Å². The maximum absolute atomic E-state index is 12.1. The highest BCUT2D eigenvalue weighted by Gasteiger charge is 2.66. The molecule has 4 heteroatoms. The van der Waals surface area contributed by atoms with Crippen molar-refractivity contribution in [1.82, 2.24) is 4.31 Å². The van der Waals surface area contributed by atoms with Crippen LogP contribution in [0.4, 0.5) is 0 Å². The standard InChI is InChI=1S/C22H25NO2S/c1-26(24)23-15-22(23)19-8-9-20(22)12-18-13-21(10-7-17(18)11-19)25-14-16-5-3-2-4-6-16/h2-7,10,13,19-20H,8-9,11-12,14-15H2,1H3/t19-,20+,22-,23?,26?/m1/s1. The first-order valence-electron chi connectivity index (χ1n) is 9.56. The summed E-state index contributed by atoms with van der Waals surface area (Å²) >= 11 is 0. The summed E-state index contributed by atoms with van der Waals surface area (Å²) < 4.78 is 20.4. The number of hydrogen-bond donors (Lipinski definition) is 0. The first-order chi connectivity index (χ1) is 12.7. The molecule has 3 aliphatic rings. The van der Waals surface area contributed by atoms with Gasteiger partial charge >= 0.3 is 0 Å². The molecule has 136 valence electrons. The highest BCUT2D eigenvalue weighted by molar-refractivity contribution is 7.82. The number of fused-ring (bicyclic) bond motifs is 1. The van der Waals surface area contributed by atoms with Crippen LogP contribution < -0.4 is 4.74 Å². The third kappa shape index (κ3) is 2.62. The number of rotatable bonds is 4. The summed E-state index contributed by atoms with van der Waals surface area (Å²) in [5.74, 6) is 2.27. The minimum Gasteiger partial charge on any atom is -0.489 e. The van der Waals surface area contributed by atoms with Crippen LogP contribution in [0.25, 0.3) is 0 Å². The second-order valence-corrected chi connectivity index (χ2v) is 9.32. The van der Waals surface area contributed by atoms with Crippen molar-refractivity contribution in [2.75, 3.05) is 12.8 Å². The molecular weight excluding hydrogens is 342 g/mol. The molecule has 2 bridgehead atoms. The zero-order valence-electron chi connectivity index (χ0n) is 15.2. The van der Waals surface area contributed by atoms with Crippen molar-refractivity contribution in [2.24, 2.45) is 11.8 Å². The summed E-state index contributed by atoms with van der Waals surface area (Å²) in [6.07, 6.45) is 6.61. The van der Waals surface area contributed by atoms with E-state index in [-0.39, 0.29) is 5.54 Å². The molecule has 2 unspecified atom stereocenters. The van der Waals surface area contributed by atoms with Crippen molar-refractivity contribution in [3.05, 3.63) is 65.2 Å². The van der Waals surface area contributed by atoms with E-state index >= 15 is 0 Å². The predicted octanol–water partition coefficient (Wildman–Crippen LogP) is 3.74. The predicted molar refractivity (Wildman–Crippen MR) is 104 cm³/mol. The molecule has 1 heterocycles. The molecular formula is C22H25NO2S. The minimum atomic E-state index is -0.837. The van der Waals surface area contributed by atoms with Gasteiger partial charge in [-0.2, -0.15) is 0 Å². The summed E-state index contributed by atoms with van der Waals surface area (Å²) in [6.45, 7) is 1.63. The largest absolute Gasteiger partial charge is 0.489 e. The summed E-state index contributed by atoms with van der Waals surface area (Å²) in [7, 11) is -0.837. The van der Waals surface area contributed by atoms with Gasteiger partial charge in [0.1, 0.15) is 12.4 Å². The van der Waals surface area contributed by atoms with Crippen LogP contribution in [0, 0.1) is 11.8 Å². The second-order valence-electron chi connectivity index (χ2n) is 8.04. The van der Waals surface area contributed by atoms with Gasteiger partial charge in [-0.15, -0.1) is 0 Å². The molecule has 3 nitrogen and oxygen atoms in total. The lowest BCUT2D eigenvalue weighted by Crippen LogP contribution is -2.31. The molecule has 0 N–H and O–H groups in total. The van der Waals surface area contributed by atoms with E-state index in [4.69, 9.17) is 4.74 Å². The van der Waals surface area contributed by atoms with Gasteiger partial charge in [0.2, 0.25) is 0 Å². The fraction of sp³-hybridized carbons (Fsp3) is 0.455. The summed E-state index contributed by atoms with van der Waals surface area (Å²) in [4.78, 5) is 0. The van der Waals surface area contributed by atoms with Gasteiger partial charge in [0, 0.05) is 12.8 Å². The van der Waals surface area contributed by atoms with Gasteiger partial charge < -0.3 is 4.74 Å². The molecule has 0 radical (unpaired) electrons. The molecule has 2 aromatic carbocycles. The molecule has 2 aromatic rings. The van der Waals surface area contributed by atoms with Gasteiger partial charge in [0.05, 0.1) is 16.5 Å². The molecule has 1 saturated heterocycles. The molecule has 1 saturated carbocycles. The van der Waals surface area contributed by atoms with Crippen LogP contribution in [0.3, 0.4) is 0 Å². The van der Waals surface area contributed by atoms with Crippen molar-refractivity contribution in [2.45, 2.75) is 37.8 Å². The number of nitrogens with zero attached hydrogens (tertiary/aromatic N) is 1. The Morgan fingerprint density at radius 3 is 2.50 bits per heavy atom. The highest BCUT2D eigenvalue weighted by Crippen LogP contribution is 2.58. The van der Waals surface area contributed by atoms with Crippen LogP contribution in [0.2, 0.25) is 0 Å². The Kier molecular flexibility index (Phi) is 3.94. The smallest absolute Gasteiger partial charge is 0.120 e. The molecule has 1 aliphatic heterocycles. The Labute approximate surface area is 158 Å². The summed E-state index contributed by atoms with van der Waals surface area (Å²) in [6, 6.07) is 17.0. The van der Waals surface area contributed by atoms with E-state index in [0.717, 1.165) is 25.1 Å². The Balaban J connectivity index is 1.36. The Morgan fingerprint density at radius 1 is 1.08 bits per heavy atom. The number of benzene rings is 2. The van der Waals surface area contributed by atoms with E-state index in [9.17, 15) is 4.21 Å². The van der Waals surface area contributed by atoms with Crippen LogP contribution in [0.1, 0.15) is 29.5 Å². The van der Waals surface area contributed by atoms with E-state index in [1.807, 2.05) is 24.5 Å². The first kappa shape index (κ1) is 16.5. The zero-order chi connectivity index (χ0) is 17.7. The van der Waals surface area contributed by atoms with Crippen molar-refractivity contribution >= 4 is 11.0 Å². The second kappa shape index (κ2) is 6.21. The summed E-state index contributed by atoms with van der Waals surface area (Å²) in [5, 5.41) is 0. The molecule has 5 rings (SSSR count). The molecule has 1 spiro atoms. The van der Waals surface area contributed by atoms with E-state index in [0.29, 0.717) is 18.4 Å². The molecule has 0 amide bonds. The Bertz CT molecular complexity index is 852. The number of hydrogen-bond acceptors (Lipinski definition) is 2. The quantitative estimate of drug-likeness (QED) is 0.771. The van der Waals surface area contributed by atoms with Gasteiger partial charge in [-0.1, -0.05) is 36.4 Å². The van der Waals surface area contributed by atoms with Crippen molar-refractivity contribution in [1.29, 1.82) is 0 Å².